The maximum Gasteiger partial charge on any atom is 0.290 e. The molecule has 0 bridgehead atoms. The summed E-state index contributed by atoms with van der Waals surface area (Å²) in [5.41, 5.74) is 5.04. The van der Waals surface area contributed by atoms with Crippen molar-refractivity contribution < 1.29 is 8.78 Å². The van der Waals surface area contributed by atoms with Gasteiger partial charge in [0.25, 0.3) is 5.92 Å². The third-order valence-electron chi connectivity index (χ3n) is 2.59. The highest BCUT2D eigenvalue weighted by Crippen LogP contribution is 2.37. The van der Waals surface area contributed by atoms with Crippen molar-refractivity contribution in [2.75, 3.05) is 0 Å². The average Bonchev–Trinajstić information content (AvgIpc) is 2.61. The fourth-order valence-corrected chi connectivity index (χ4v) is 1.50. The Hall–Kier alpha value is -1.49. The highest BCUT2D eigenvalue weighted by molar-refractivity contribution is 5.75. The van der Waals surface area contributed by atoms with E-state index in [0.717, 1.165) is 0 Å². The Labute approximate surface area is 91.7 Å². The Balaban J connectivity index is 2.54. The van der Waals surface area contributed by atoms with Crippen molar-refractivity contribution in [2.45, 2.75) is 25.3 Å². The Morgan fingerprint density at radius 1 is 1.31 bits per heavy atom. The molecular weight excluding hydrogens is 212 g/mol. The number of benzene rings is 1. The van der Waals surface area contributed by atoms with E-state index in [-0.39, 0.29) is 5.56 Å². The van der Waals surface area contributed by atoms with Crippen LogP contribution in [0.1, 0.15) is 19.4 Å². The molecule has 3 N–H and O–H groups in total. The van der Waals surface area contributed by atoms with E-state index in [9.17, 15) is 8.78 Å². The highest BCUT2D eigenvalue weighted by atomic mass is 19.3. The van der Waals surface area contributed by atoms with Crippen molar-refractivity contribution in [3.8, 4) is 0 Å². The summed E-state index contributed by atoms with van der Waals surface area (Å²) in [5.74, 6) is -3.08. The molecule has 0 amide bonds. The van der Waals surface area contributed by atoms with Crippen molar-refractivity contribution in [2.24, 2.45) is 5.73 Å². The standard InChI is InChI=1S/C11H13F2N3/c1-10(2,14)11(12,13)7-3-4-8-9(5-7)16-6-15-8/h3-6H,14H2,1-2H3,(H,15,16). The van der Waals surface area contributed by atoms with E-state index in [0.29, 0.717) is 11.0 Å². The van der Waals surface area contributed by atoms with Crippen LogP contribution in [-0.2, 0) is 5.92 Å². The maximum absolute atomic E-state index is 13.9. The first-order valence-corrected chi connectivity index (χ1v) is 4.93. The number of fused-ring (bicyclic) bond motifs is 1. The molecule has 2 rings (SSSR count). The summed E-state index contributed by atoms with van der Waals surface area (Å²) in [6.07, 6.45) is 1.47. The third kappa shape index (κ3) is 1.57. The molecule has 0 aliphatic heterocycles. The normalized spacial score (nSPS) is 13.3. The molecule has 0 aliphatic rings. The molecule has 1 aromatic heterocycles. The highest BCUT2D eigenvalue weighted by Gasteiger charge is 2.45. The van der Waals surface area contributed by atoms with Crippen LogP contribution in [0, 0.1) is 0 Å². The monoisotopic (exact) mass is 225 g/mol. The van der Waals surface area contributed by atoms with Gasteiger partial charge in [-0.05, 0) is 26.0 Å². The van der Waals surface area contributed by atoms with Crippen LogP contribution in [0.4, 0.5) is 8.78 Å². The summed E-state index contributed by atoms with van der Waals surface area (Å²) >= 11 is 0. The molecule has 0 saturated carbocycles. The molecule has 5 heteroatoms. The zero-order valence-corrected chi connectivity index (χ0v) is 9.09. The van der Waals surface area contributed by atoms with Crippen molar-refractivity contribution in [1.82, 2.24) is 9.97 Å². The first-order valence-electron chi connectivity index (χ1n) is 4.93. The Bertz CT molecular complexity index is 511. The van der Waals surface area contributed by atoms with E-state index in [1.54, 1.807) is 6.07 Å². The largest absolute Gasteiger partial charge is 0.345 e. The van der Waals surface area contributed by atoms with Gasteiger partial charge in [0.1, 0.15) is 0 Å². The van der Waals surface area contributed by atoms with Crippen LogP contribution in [0.3, 0.4) is 0 Å². The lowest BCUT2D eigenvalue weighted by molar-refractivity contribution is -0.0671. The van der Waals surface area contributed by atoms with Crippen LogP contribution in [-0.4, -0.2) is 15.5 Å². The van der Waals surface area contributed by atoms with Crippen LogP contribution in [0.2, 0.25) is 0 Å². The molecule has 1 heterocycles. The van der Waals surface area contributed by atoms with E-state index >= 15 is 0 Å². The minimum Gasteiger partial charge on any atom is -0.345 e. The molecule has 2 aromatic rings. The van der Waals surface area contributed by atoms with Gasteiger partial charge in [0, 0.05) is 5.56 Å². The van der Waals surface area contributed by atoms with Crippen LogP contribution in [0.5, 0.6) is 0 Å². The topological polar surface area (TPSA) is 54.7 Å². The molecule has 0 spiro atoms. The molecule has 0 aliphatic carbocycles. The number of nitrogens with zero attached hydrogens (tertiary/aromatic N) is 1. The van der Waals surface area contributed by atoms with Gasteiger partial charge in [-0.2, -0.15) is 8.78 Å². The molecule has 16 heavy (non-hydrogen) atoms. The molecular formula is C11H13F2N3. The Kier molecular flexibility index (Phi) is 2.24. The van der Waals surface area contributed by atoms with E-state index in [4.69, 9.17) is 5.73 Å². The van der Waals surface area contributed by atoms with Crippen LogP contribution in [0.25, 0.3) is 11.0 Å². The molecule has 0 radical (unpaired) electrons. The maximum atomic E-state index is 13.9. The average molecular weight is 225 g/mol. The van der Waals surface area contributed by atoms with Crippen molar-refractivity contribution in [3.63, 3.8) is 0 Å². The summed E-state index contributed by atoms with van der Waals surface area (Å²) in [7, 11) is 0. The number of nitrogens with two attached hydrogens (primary N) is 1. The minimum atomic E-state index is -3.08. The second-order valence-electron chi connectivity index (χ2n) is 4.43. The lowest BCUT2D eigenvalue weighted by Crippen LogP contribution is -2.48. The van der Waals surface area contributed by atoms with Crippen molar-refractivity contribution >= 4 is 11.0 Å². The van der Waals surface area contributed by atoms with Crippen molar-refractivity contribution in [3.05, 3.63) is 30.1 Å². The molecule has 3 nitrogen and oxygen atoms in total. The first kappa shape index (κ1) is 11.0. The smallest absolute Gasteiger partial charge is 0.290 e. The van der Waals surface area contributed by atoms with Gasteiger partial charge in [0.15, 0.2) is 0 Å². The van der Waals surface area contributed by atoms with Gasteiger partial charge in [-0.15, -0.1) is 0 Å². The number of rotatable bonds is 2. The SMILES string of the molecule is CC(C)(N)C(F)(F)c1ccc2nc[nH]c2c1. The first-order chi connectivity index (χ1) is 7.32. The minimum absolute atomic E-state index is 0.100. The van der Waals surface area contributed by atoms with Gasteiger partial charge in [-0.1, -0.05) is 6.07 Å². The number of hydrogen-bond donors (Lipinski definition) is 2. The predicted octanol–water partition coefficient (Wildman–Crippen LogP) is 2.39. The third-order valence-corrected chi connectivity index (χ3v) is 2.59. The Morgan fingerprint density at radius 3 is 2.62 bits per heavy atom. The van der Waals surface area contributed by atoms with Crippen molar-refractivity contribution in [1.29, 1.82) is 0 Å². The fraction of sp³-hybridized carbons (Fsp3) is 0.364. The molecule has 0 unspecified atom stereocenters. The fourth-order valence-electron chi connectivity index (χ4n) is 1.50. The van der Waals surface area contributed by atoms with Gasteiger partial charge in [-0.3, -0.25) is 0 Å². The van der Waals surface area contributed by atoms with Crippen LogP contribution >= 0.6 is 0 Å². The number of hydrogen-bond acceptors (Lipinski definition) is 2. The number of nitrogens with one attached hydrogen (secondary N) is 1. The van der Waals surface area contributed by atoms with Gasteiger partial charge < -0.3 is 10.7 Å². The summed E-state index contributed by atoms with van der Waals surface area (Å²) in [5, 5.41) is 0. The second kappa shape index (κ2) is 3.25. The zero-order chi connectivity index (χ0) is 12.0. The summed E-state index contributed by atoms with van der Waals surface area (Å²) in [4.78, 5) is 6.77. The molecule has 1 aromatic carbocycles. The van der Waals surface area contributed by atoms with E-state index in [2.05, 4.69) is 9.97 Å². The zero-order valence-electron chi connectivity index (χ0n) is 9.09. The number of aromatic nitrogens is 2. The second-order valence-corrected chi connectivity index (χ2v) is 4.43. The number of halogens is 2. The number of imidazole rings is 1. The molecule has 0 fully saturated rings. The lowest BCUT2D eigenvalue weighted by Gasteiger charge is -2.30. The van der Waals surface area contributed by atoms with Gasteiger partial charge in [0.2, 0.25) is 0 Å². The Morgan fingerprint density at radius 2 is 2.00 bits per heavy atom. The lowest BCUT2D eigenvalue weighted by atomic mass is 9.91. The molecule has 0 saturated heterocycles. The van der Waals surface area contributed by atoms with Crippen LogP contribution in [0.15, 0.2) is 24.5 Å². The van der Waals surface area contributed by atoms with Gasteiger partial charge >= 0.3 is 0 Å². The predicted molar refractivity (Wildman–Crippen MR) is 58.3 cm³/mol. The van der Waals surface area contributed by atoms with E-state index in [1.165, 1.54) is 32.3 Å². The summed E-state index contributed by atoms with van der Waals surface area (Å²) in [6, 6.07) is 4.30. The summed E-state index contributed by atoms with van der Waals surface area (Å²) < 4.78 is 27.9. The van der Waals surface area contributed by atoms with Gasteiger partial charge in [-0.25, -0.2) is 4.98 Å². The number of alkyl halides is 2. The molecule has 0 atom stereocenters. The van der Waals surface area contributed by atoms with Gasteiger partial charge in [0.05, 0.1) is 22.9 Å². The number of aromatic amines is 1. The summed E-state index contributed by atoms with van der Waals surface area (Å²) in [6.45, 7) is 2.62. The number of H-pyrrole nitrogens is 1. The van der Waals surface area contributed by atoms with Crippen LogP contribution < -0.4 is 5.73 Å². The van der Waals surface area contributed by atoms with E-state index < -0.39 is 11.5 Å². The molecule has 86 valence electrons. The van der Waals surface area contributed by atoms with E-state index in [1.807, 2.05) is 0 Å². The quantitative estimate of drug-likeness (QED) is 0.824.